The largest absolute Gasteiger partial charge is 0.481 e. The fraction of sp³-hybridized carbons (Fsp3) is 0.675. The summed E-state index contributed by atoms with van der Waals surface area (Å²) >= 11 is 9.27. The van der Waals surface area contributed by atoms with E-state index in [9.17, 15) is 68.4 Å². The van der Waals surface area contributed by atoms with Crippen LogP contribution in [0.5, 0.6) is 0 Å². The average Bonchev–Trinajstić information content (AvgIpc) is 4.03. The van der Waals surface area contributed by atoms with Crippen LogP contribution in [0.1, 0.15) is 64.0 Å². The fourth-order valence-electron chi connectivity index (χ4n) is 6.85. The van der Waals surface area contributed by atoms with Crippen LogP contribution in [0.2, 0.25) is 0 Å². The van der Waals surface area contributed by atoms with E-state index in [1.807, 2.05) is 0 Å². The van der Waals surface area contributed by atoms with E-state index in [2.05, 4.69) is 72.4 Å². The molecule has 0 aliphatic carbocycles. The number of rotatable bonds is 32. The van der Waals surface area contributed by atoms with Gasteiger partial charge in [0.2, 0.25) is 47.3 Å². The van der Waals surface area contributed by atoms with Crippen molar-refractivity contribution in [1.82, 2.24) is 52.1 Å². The molecule has 16 N–H and O–H groups in total. The predicted molar refractivity (Wildman–Crippen MR) is 255 cm³/mol. The molecule has 1 fully saturated rings. The summed E-state index contributed by atoms with van der Waals surface area (Å²) in [7, 11) is 0. The zero-order valence-corrected chi connectivity index (χ0v) is 40.9. The zero-order chi connectivity index (χ0) is 51.8. The number of nitrogens with zero attached hydrogens (tertiary/aromatic N) is 2. The van der Waals surface area contributed by atoms with E-state index in [-0.39, 0.29) is 56.7 Å². The number of aliphatic hydroxyl groups excluding tert-OH is 2. The maximum absolute atomic E-state index is 14.1. The van der Waals surface area contributed by atoms with Crippen molar-refractivity contribution in [3.05, 3.63) is 18.2 Å². The average molecular weight is 1040 g/mol. The van der Waals surface area contributed by atoms with E-state index >= 15 is 0 Å². The van der Waals surface area contributed by atoms with Gasteiger partial charge in [0.15, 0.2) is 0 Å². The smallest absolute Gasteiger partial charge is 0.327 e. The molecule has 8 amide bonds. The van der Waals surface area contributed by atoms with Gasteiger partial charge in [-0.1, -0.05) is 0 Å². The lowest BCUT2D eigenvalue weighted by Gasteiger charge is -2.32. The minimum atomic E-state index is -1.66. The second-order valence-corrected chi connectivity index (χ2v) is 17.8. The molecule has 1 saturated heterocycles. The SMILES string of the molecule is CSCC[C@H](NC(=O)[C@@H]1CCCN1C(=O)[C@@H](NC(=O)[C@H](CCCCN)NC(=O)[C@H](Cc1cnc[nH]1)NC(=O)[C@H](CCC(=O)O)NC(=O)[C@H](CO)NC(=O)[C@@H](N)CS)[C@@H](C)O)C(=O)N[C@@H](CS)C(=O)O. The van der Waals surface area contributed by atoms with Crippen molar-refractivity contribution in [3.8, 4) is 0 Å². The quantitative estimate of drug-likeness (QED) is 0.0237. The number of aliphatic carboxylic acids is 2. The summed E-state index contributed by atoms with van der Waals surface area (Å²) in [6, 6.07) is -12.7. The molecule has 1 aromatic heterocycles. The molecule has 388 valence electrons. The van der Waals surface area contributed by atoms with E-state index < -0.39 is 139 Å². The first-order valence-electron chi connectivity index (χ1n) is 22.0. The number of thioether (sulfide) groups is 1. The summed E-state index contributed by atoms with van der Waals surface area (Å²) in [5.41, 5.74) is 11.7. The Morgan fingerprint density at radius 3 is 1.90 bits per heavy atom. The molecule has 1 aromatic rings. The Hall–Kier alpha value is -5.20. The van der Waals surface area contributed by atoms with E-state index in [0.717, 1.165) is 4.90 Å². The Morgan fingerprint density at radius 1 is 0.797 bits per heavy atom. The summed E-state index contributed by atoms with van der Waals surface area (Å²) in [5, 5.41) is 56.5. The Labute approximate surface area is 413 Å². The van der Waals surface area contributed by atoms with Crippen LogP contribution in [0.25, 0.3) is 0 Å². The highest BCUT2D eigenvalue weighted by Gasteiger charge is 2.41. The molecular weight excluding hydrogens is 969 g/mol. The molecule has 69 heavy (non-hydrogen) atoms. The number of unbranched alkanes of at least 4 members (excludes halogenated alkanes) is 1. The van der Waals surface area contributed by atoms with Gasteiger partial charge in [0.25, 0.3) is 0 Å². The van der Waals surface area contributed by atoms with Gasteiger partial charge in [-0.25, -0.2) is 9.78 Å². The second-order valence-electron chi connectivity index (χ2n) is 16.1. The van der Waals surface area contributed by atoms with Crippen molar-refractivity contribution in [3.63, 3.8) is 0 Å². The predicted octanol–water partition coefficient (Wildman–Crippen LogP) is -5.27. The number of likely N-dealkylation sites (tertiary alicyclic amines) is 1. The summed E-state index contributed by atoms with van der Waals surface area (Å²) < 4.78 is 0. The van der Waals surface area contributed by atoms with Gasteiger partial charge in [-0.05, 0) is 70.4 Å². The number of imidazole rings is 1. The number of nitrogens with two attached hydrogens (primary N) is 2. The number of aliphatic hydroxyl groups is 2. The first-order chi connectivity index (χ1) is 32.7. The minimum Gasteiger partial charge on any atom is -0.481 e. The van der Waals surface area contributed by atoms with Gasteiger partial charge in [-0.2, -0.15) is 37.0 Å². The molecule has 2 rings (SSSR count). The van der Waals surface area contributed by atoms with Crippen molar-refractivity contribution in [2.75, 3.05) is 43.2 Å². The molecule has 0 spiro atoms. The van der Waals surface area contributed by atoms with E-state index in [4.69, 9.17) is 11.5 Å². The lowest BCUT2D eigenvalue weighted by Crippen LogP contribution is -2.62. The van der Waals surface area contributed by atoms with Gasteiger partial charge in [0, 0.05) is 42.8 Å². The molecule has 0 radical (unpaired) electrons. The van der Waals surface area contributed by atoms with Gasteiger partial charge >= 0.3 is 11.9 Å². The third-order valence-corrected chi connectivity index (χ3v) is 12.1. The van der Waals surface area contributed by atoms with Crippen molar-refractivity contribution in [2.24, 2.45) is 11.5 Å². The van der Waals surface area contributed by atoms with Crippen LogP contribution in [-0.4, -0.2) is 198 Å². The third kappa shape index (κ3) is 20.0. The van der Waals surface area contributed by atoms with Crippen LogP contribution in [0.15, 0.2) is 12.5 Å². The molecule has 0 saturated carbocycles. The Kier molecular flexibility index (Phi) is 27.0. The van der Waals surface area contributed by atoms with Crippen LogP contribution >= 0.6 is 37.0 Å². The molecule has 1 aliphatic rings. The van der Waals surface area contributed by atoms with Gasteiger partial charge < -0.3 is 79.0 Å². The number of carbonyl (C=O) groups is 10. The second kappa shape index (κ2) is 31.1. The number of aromatic amines is 1. The van der Waals surface area contributed by atoms with Crippen LogP contribution in [0.4, 0.5) is 0 Å². The summed E-state index contributed by atoms with van der Waals surface area (Å²) in [4.78, 5) is 139. The fourth-order valence-corrected chi connectivity index (χ4v) is 7.74. The highest BCUT2D eigenvalue weighted by molar-refractivity contribution is 7.98. The molecule has 0 aromatic carbocycles. The standard InChI is InChI=1S/C40H66N12O14S3/c1-20(54)31(39(64)52-12-5-7-29(52)38(63)47-25(10-13-69-2)34(59)50-28(18-68)40(65)66)51-35(60)23(6-3-4-11-41)45-36(61)26(14-21-15-43-19-44-21)48-33(58)24(8-9-30(55)56)46-37(62)27(16-53)49-32(57)22(42)17-67/h15,19-20,22-29,31,53-54,67-68H,3-14,16-18,41-42H2,1-2H3,(H,43,44)(H,45,61)(H,46,62)(H,47,63)(H,48,58)(H,49,57)(H,50,59)(H,51,60)(H,55,56)(H,65,66)/t20-,22+,23+,24+,25+,26+,27+,28+,29+,31+/m1/s1. The number of aromatic nitrogens is 2. The van der Waals surface area contributed by atoms with E-state index in [1.165, 1.54) is 31.2 Å². The van der Waals surface area contributed by atoms with Crippen LogP contribution < -0.4 is 48.7 Å². The number of thiol groups is 2. The third-order valence-electron chi connectivity index (χ3n) is 10.7. The molecule has 0 unspecified atom stereocenters. The van der Waals surface area contributed by atoms with Gasteiger partial charge in [0.1, 0.15) is 48.3 Å². The normalized spacial score (nSPS) is 17.3. The van der Waals surface area contributed by atoms with Gasteiger partial charge in [-0.15, -0.1) is 0 Å². The van der Waals surface area contributed by atoms with Crippen molar-refractivity contribution in [1.29, 1.82) is 0 Å². The van der Waals surface area contributed by atoms with Crippen LogP contribution in [0.3, 0.4) is 0 Å². The lowest BCUT2D eigenvalue weighted by molar-refractivity contribution is -0.145. The molecular formula is C40H66N12O14S3. The van der Waals surface area contributed by atoms with E-state index in [1.54, 1.807) is 6.26 Å². The van der Waals surface area contributed by atoms with Crippen molar-refractivity contribution < 1.29 is 68.4 Å². The first kappa shape index (κ1) is 59.9. The number of H-pyrrole nitrogens is 1. The molecule has 10 atom stereocenters. The molecule has 1 aliphatic heterocycles. The summed E-state index contributed by atoms with van der Waals surface area (Å²) in [6.45, 7) is 0.515. The van der Waals surface area contributed by atoms with Gasteiger partial charge in [-0.3, -0.25) is 43.2 Å². The Balaban J connectivity index is 2.38. The number of carboxylic acid groups (broad SMARTS) is 2. The number of amides is 8. The summed E-state index contributed by atoms with van der Waals surface area (Å²) in [5.74, 6) is -9.86. The molecule has 29 heteroatoms. The highest BCUT2D eigenvalue weighted by atomic mass is 32.2. The van der Waals surface area contributed by atoms with Gasteiger partial charge in [0.05, 0.1) is 25.1 Å². The molecule has 2 heterocycles. The lowest BCUT2D eigenvalue weighted by atomic mass is 10.0. The maximum Gasteiger partial charge on any atom is 0.327 e. The van der Waals surface area contributed by atoms with Crippen molar-refractivity contribution >= 4 is 96.2 Å². The minimum absolute atomic E-state index is 0.0253. The Morgan fingerprint density at radius 2 is 1.36 bits per heavy atom. The number of nitrogens with one attached hydrogen (secondary N) is 8. The monoisotopic (exact) mass is 1030 g/mol. The summed E-state index contributed by atoms with van der Waals surface area (Å²) in [6.07, 6.45) is 2.61. The number of hydrogen-bond acceptors (Lipinski definition) is 18. The Bertz CT molecular complexity index is 1900. The van der Waals surface area contributed by atoms with E-state index in [0.29, 0.717) is 24.3 Å². The first-order valence-corrected chi connectivity index (χ1v) is 24.7. The zero-order valence-electron chi connectivity index (χ0n) is 38.3. The molecule has 0 bridgehead atoms. The number of carboxylic acids is 2. The number of hydrogen-bond donors (Lipinski definition) is 16. The highest BCUT2D eigenvalue weighted by Crippen LogP contribution is 2.20. The maximum atomic E-state index is 14.1. The topological polar surface area (TPSA) is 420 Å². The number of carbonyl (C=O) groups excluding carboxylic acids is 8. The van der Waals surface area contributed by atoms with Crippen LogP contribution in [-0.2, 0) is 54.4 Å². The van der Waals surface area contributed by atoms with Crippen molar-refractivity contribution in [2.45, 2.75) is 125 Å². The van der Waals surface area contributed by atoms with Crippen LogP contribution in [0, 0.1) is 0 Å². The molecule has 26 nitrogen and oxygen atoms in total.